The number of rotatable bonds is 6. The first-order valence-electron chi connectivity index (χ1n) is 6.15. The zero-order chi connectivity index (χ0) is 13.7. The van der Waals surface area contributed by atoms with Crippen LogP contribution in [0.25, 0.3) is 0 Å². The lowest BCUT2D eigenvalue weighted by Crippen LogP contribution is -2.15. The summed E-state index contributed by atoms with van der Waals surface area (Å²) in [4.78, 5) is 0. The zero-order valence-corrected chi connectivity index (χ0v) is 11.6. The zero-order valence-electron chi connectivity index (χ0n) is 10.8. The van der Waals surface area contributed by atoms with Crippen LogP contribution in [0.15, 0.2) is 12.1 Å². The van der Waals surface area contributed by atoms with Gasteiger partial charge in [-0.2, -0.15) is 0 Å². The average molecular weight is 288 g/mol. The predicted octanol–water partition coefficient (Wildman–Crippen LogP) is 1.98. The van der Waals surface area contributed by atoms with Gasteiger partial charge in [0.05, 0.1) is 19.0 Å². The molecular weight excluding hydrogens is 271 g/mol. The molecule has 0 bridgehead atoms. The van der Waals surface area contributed by atoms with E-state index in [4.69, 9.17) is 14.2 Å². The van der Waals surface area contributed by atoms with Crippen molar-refractivity contribution in [3.8, 4) is 5.75 Å². The third-order valence-electron chi connectivity index (χ3n) is 2.73. The van der Waals surface area contributed by atoms with Crippen molar-refractivity contribution in [2.45, 2.75) is 19.3 Å². The summed E-state index contributed by atoms with van der Waals surface area (Å²) in [5.41, 5.74) is 1.30. The highest BCUT2D eigenvalue weighted by atomic mass is 32.2. The fourth-order valence-electron chi connectivity index (χ4n) is 1.91. The van der Waals surface area contributed by atoms with Crippen LogP contribution in [0.5, 0.6) is 5.75 Å². The minimum atomic E-state index is -1.09. The molecule has 1 heterocycles. The van der Waals surface area contributed by atoms with Gasteiger partial charge in [0.15, 0.2) is 6.79 Å². The Bertz CT molecular complexity index is 464. The molecule has 1 unspecified atom stereocenters. The Morgan fingerprint density at radius 1 is 1.47 bits per heavy atom. The van der Waals surface area contributed by atoms with Gasteiger partial charge in [-0.15, -0.1) is 0 Å². The van der Waals surface area contributed by atoms with Gasteiger partial charge in [-0.05, 0) is 19.1 Å². The van der Waals surface area contributed by atoms with Gasteiger partial charge in [-0.3, -0.25) is 4.21 Å². The molecule has 0 aromatic heterocycles. The van der Waals surface area contributed by atoms with Crippen LogP contribution in [-0.2, 0) is 32.6 Å². The predicted molar refractivity (Wildman–Crippen MR) is 69.9 cm³/mol. The maximum Gasteiger partial charge on any atom is 0.189 e. The quantitative estimate of drug-likeness (QED) is 0.751. The van der Waals surface area contributed by atoms with Crippen LogP contribution in [0.3, 0.4) is 0 Å². The van der Waals surface area contributed by atoms with E-state index < -0.39 is 10.8 Å². The standard InChI is InChI=1S/C13H17FO4S/c1-2-16-3-4-19(15)8-11-6-12(14)5-10-7-17-9-18-13(10)11/h5-6H,2-4,7-9H2,1H3. The highest BCUT2D eigenvalue weighted by Crippen LogP contribution is 2.30. The van der Waals surface area contributed by atoms with Crippen LogP contribution in [0.4, 0.5) is 4.39 Å². The van der Waals surface area contributed by atoms with Crippen molar-refractivity contribution < 1.29 is 22.8 Å². The molecule has 0 spiro atoms. The maximum atomic E-state index is 13.5. The van der Waals surface area contributed by atoms with E-state index in [2.05, 4.69) is 0 Å². The van der Waals surface area contributed by atoms with Gasteiger partial charge in [0.2, 0.25) is 0 Å². The molecule has 0 saturated carbocycles. The lowest BCUT2D eigenvalue weighted by molar-refractivity contribution is -0.0171. The molecule has 6 heteroatoms. The average Bonchev–Trinajstić information content (AvgIpc) is 2.39. The Hall–Kier alpha value is -0.980. The summed E-state index contributed by atoms with van der Waals surface area (Å²) in [5, 5.41) is 0. The second-order valence-corrected chi connectivity index (χ2v) is 5.73. The van der Waals surface area contributed by atoms with Crippen molar-refractivity contribution in [3.63, 3.8) is 0 Å². The van der Waals surface area contributed by atoms with Crippen molar-refractivity contribution in [2.75, 3.05) is 25.8 Å². The molecule has 1 aromatic rings. The first-order valence-corrected chi connectivity index (χ1v) is 7.64. The molecule has 0 radical (unpaired) electrons. The molecule has 0 N–H and O–H groups in total. The lowest BCUT2D eigenvalue weighted by atomic mass is 10.1. The summed E-state index contributed by atoms with van der Waals surface area (Å²) < 4.78 is 41.0. The second kappa shape index (κ2) is 6.98. The molecule has 1 atom stereocenters. The number of ether oxygens (including phenoxy) is 3. The van der Waals surface area contributed by atoms with Crippen molar-refractivity contribution >= 4 is 10.8 Å². The third kappa shape index (κ3) is 3.99. The smallest absolute Gasteiger partial charge is 0.189 e. The van der Waals surface area contributed by atoms with Crippen molar-refractivity contribution in [1.82, 2.24) is 0 Å². The Balaban J connectivity index is 2.07. The molecule has 106 valence electrons. The van der Waals surface area contributed by atoms with Crippen molar-refractivity contribution in [2.24, 2.45) is 0 Å². The van der Waals surface area contributed by atoms with Crippen LogP contribution in [0.2, 0.25) is 0 Å². The number of hydrogen-bond acceptors (Lipinski definition) is 4. The molecular formula is C13H17FO4S. The molecule has 0 fully saturated rings. The minimum absolute atomic E-state index is 0.150. The fourth-order valence-corrected chi connectivity index (χ4v) is 2.92. The first kappa shape index (κ1) is 14.4. The normalized spacial score (nSPS) is 15.7. The van der Waals surface area contributed by atoms with Crippen LogP contribution in [0.1, 0.15) is 18.1 Å². The third-order valence-corrected chi connectivity index (χ3v) is 3.98. The van der Waals surface area contributed by atoms with Crippen LogP contribution >= 0.6 is 0 Å². The summed E-state index contributed by atoms with van der Waals surface area (Å²) >= 11 is 0. The summed E-state index contributed by atoms with van der Waals surface area (Å²) in [6.45, 7) is 3.42. The summed E-state index contributed by atoms with van der Waals surface area (Å²) in [7, 11) is -1.09. The van der Waals surface area contributed by atoms with Crippen molar-refractivity contribution in [1.29, 1.82) is 0 Å². The lowest BCUT2D eigenvalue weighted by Gasteiger charge is -2.20. The van der Waals surface area contributed by atoms with Gasteiger partial charge in [-0.25, -0.2) is 4.39 Å². The molecule has 2 rings (SSSR count). The Kier molecular flexibility index (Phi) is 5.30. The summed E-state index contributed by atoms with van der Waals surface area (Å²) in [5.74, 6) is 0.963. The topological polar surface area (TPSA) is 44.8 Å². The SMILES string of the molecule is CCOCCS(=O)Cc1cc(F)cc2c1OCOC2. The van der Waals surface area contributed by atoms with E-state index in [-0.39, 0.29) is 18.4 Å². The largest absolute Gasteiger partial charge is 0.467 e. The van der Waals surface area contributed by atoms with E-state index in [0.717, 1.165) is 0 Å². The Morgan fingerprint density at radius 2 is 2.32 bits per heavy atom. The molecule has 1 aliphatic heterocycles. The van der Waals surface area contributed by atoms with E-state index >= 15 is 0 Å². The van der Waals surface area contributed by atoms with Gasteiger partial charge in [0.1, 0.15) is 11.6 Å². The molecule has 1 aromatic carbocycles. The van der Waals surface area contributed by atoms with Crippen LogP contribution < -0.4 is 4.74 Å². The monoisotopic (exact) mass is 288 g/mol. The van der Waals surface area contributed by atoms with Gasteiger partial charge in [0.25, 0.3) is 0 Å². The molecule has 0 aliphatic carbocycles. The first-order chi connectivity index (χ1) is 9.20. The number of benzene rings is 1. The van der Waals surface area contributed by atoms with E-state index in [9.17, 15) is 8.60 Å². The van der Waals surface area contributed by atoms with Gasteiger partial charge >= 0.3 is 0 Å². The molecule has 1 aliphatic rings. The number of fused-ring (bicyclic) bond motifs is 1. The number of hydrogen-bond donors (Lipinski definition) is 0. The van der Waals surface area contributed by atoms with E-state index in [1.165, 1.54) is 12.1 Å². The second-order valence-electron chi connectivity index (χ2n) is 4.15. The molecule has 0 amide bonds. The van der Waals surface area contributed by atoms with Gasteiger partial charge in [-0.1, -0.05) is 0 Å². The maximum absolute atomic E-state index is 13.5. The van der Waals surface area contributed by atoms with Gasteiger partial charge < -0.3 is 14.2 Å². The van der Waals surface area contributed by atoms with E-state index in [1.54, 1.807) is 0 Å². The highest BCUT2D eigenvalue weighted by Gasteiger charge is 2.18. The highest BCUT2D eigenvalue weighted by molar-refractivity contribution is 7.84. The summed E-state index contributed by atoms with van der Waals surface area (Å²) in [6, 6.07) is 2.77. The minimum Gasteiger partial charge on any atom is -0.467 e. The van der Waals surface area contributed by atoms with Gasteiger partial charge in [0, 0.05) is 34.3 Å². The fraction of sp³-hybridized carbons (Fsp3) is 0.538. The summed E-state index contributed by atoms with van der Waals surface area (Å²) in [6.07, 6.45) is 0. The Labute approximate surface area is 114 Å². The molecule has 19 heavy (non-hydrogen) atoms. The van der Waals surface area contributed by atoms with E-state index in [0.29, 0.717) is 42.4 Å². The Morgan fingerprint density at radius 3 is 3.11 bits per heavy atom. The van der Waals surface area contributed by atoms with Crippen LogP contribution in [-0.4, -0.2) is 30.0 Å². The van der Waals surface area contributed by atoms with E-state index in [1.807, 2.05) is 6.92 Å². The molecule has 4 nitrogen and oxygen atoms in total. The number of halogens is 1. The molecule has 0 saturated heterocycles. The van der Waals surface area contributed by atoms with Crippen molar-refractivity contribution in [3.05, 3.63) is 29.1 Å². The van der Waals surface area contributed by atoms with Crippen LogP contribution in [0, 0.1) is 5.82 Å².